The maximum Gasteiger partial charge on any atom is 1.00 e. The molecule has 0 unspecified atom stereocenters. The van der Waals surface area contributed by atoms with Gasteiger partial charge >= 0.3 is 35.7 Å². The standard InChI is InChI=1S/C16H16N4O7S2.Na/c17-15(26)27-5-8-6-29-14-16(18-7-21,13(25)20(14)11(8)12(23)24)19-10(22)4-9-2-1-3-28-9;/h1-3,7,14H,4-6H2,(H2,17,26)(H,18,21)(H,19,22)(H,23,24);/q;+1/p-1/t14-,16-;/m1./s1. The van der Waals surface area contributed by atoms with Crippen LogP contribution in [0.1, 0.15) is 4.88 Å². The summed E-state index contributed by atoms with van der Waals surface area (Å²) in [6, 6.07) is 3.52. The minimum absolute atomic E-state index is 0. The van der Waals surface area contributed by atoms with E-state index < -0.39 is 47.2 Å². The van der Waals surface area contributed by atoms with E-state index in [1.165, 1.54) is 11.3 Å². The van der Waals surface area contributed by atoms with E-state index in [2.05, 4.69) is 15.4 Å². The van der Waals surface area contributed by atoms with Crippen LogP contribution < -0.4 is 51.0 Å². The number of aliphatic carboxylic acids is 1. The Morgan fingerprint density at radius 2 is 2.17 bits per heavy atom. The predicted molar refractivity (Wildman–Crippen MR) is 98.8 cm³/mol. The van der Waals surface area contributed by atoms with Crippen molar-refractivity contribution in [2.45, 2.75) is 17.5 Å². The number of hydrogen-bond donors (Lipinski definition) is 3. The van der Waals surface area contributed by atoms with E-state index in [4.69, 9.17) is 5.73 Å². The van der Waals surface area contributed by atoms with Gasteiger partial charge in [0.25, 0.3) is 5.91 Å². The zero-order valence-corrected chi connectivity index (χ0v) is 19.3. The number of β-lactam (4-membered cyclic amide) rings is 1. The van der Waals surface area contributed by atoms with Crippen LogP contribution in [-0.4, -0.2) is 58.6 Å². The van der Waals surface area contributed by atoms with E-state index in [1.807, 2.05) is 0 Å². The third kappa shape index (κ3) is 4.49. The molecule has 11 nitrogen and oxygen atoms in total. The van der Waals surface area contributed by atoms with Crippen LogP contribution in [0.5, 0.6) is 0 Å². The number of carboxylic acid groups (broad SMARTS) is 1. The Bertz CT molecular complexity index is 907. The van der Waals surface area contributed by atoms with Crippen molar-refractivity contribution < 1.29 is 63.4 Å². The van der Waals surface area contributed by atoms with Gasteiger partial charge in [0.15, 0.2) is 0 Å². The smallest absolute Gasteiger partial charge is 0.543 e. The molecule has 0 saturated carbocycles. The molecule has 0 bridgehead atoms. The van der Waals surface area contributed by atoms with Gasteiger partial charge in [0.2, 0.25) is 18.0 Å². The largest absolute Gasteiger partial charge is 1.00 e. The van der Waals surface area contributed by atoms with Crippen LogP contribution in [0, 0.1) is 0 Å². The van der Waals surface area contributed by atoms with Gasteiger partial charge < -0.3 is 31.0 Å². The average molecular weight is 462 g/mol. The van der Waals surface area contributed by atoms with Gasteiger partial charge in [-0.2, -0.15) is 0 Å². The summed E-state index contributed by atoms with van der Waals surface area (Å²) in [5.74, 6) is -2.97. The number of amides is 4. The number of fused-ring (bicyclic) bond motifs is 1. The molecule has 4 amide bonds. The summed E-state index contributed by atoms with van der Waals surface area (Å²) in [7, 11) is 0. The summed E-state index contributed by atoms with van der Waals surface area (Å²) in [5.41, 5.74) is 2.74. The second-order valence-electron chi connectivity index (χ2n) is 6.06. The zero-order chi connectivity index (χ0) is 21.2. The van der Waals surface area contributed by atoms with Gasteiger partial charge in [-0.15, -0.1) is 23.1 Å². The van der Waals surface area contributed by atoms with Gasteiger partial charge in [0.05, 0.1) is 18.1 Å². The summed E-state index contributed by atoms with van der Waals surface area (Å²) < 4.78 is 4.63. The molecule has 1 fully saturated rings. The molecular formula is C16H15N4NaO7S2. The Labute approximate surface area is 200 Å². The molecule has 4 N–H and O–H groups in total. The first-order valence-electron chi connectivity index (χ1n) is 8.15. The molecule has 0 aromatic carbocycles. The number of rotatable bonds is 8. The summed E-state index contributed by atoms with van der Waals surface area (Å²) in [4.78, 5) is 60.5. The minimum Gasteiger partial charge on any atom is -0.543 e. The first-order chi connectivity index (χ1) is 13.8. The van der Waals surface area contributed by atoms with Crippen LogP contribution >= 0.6 is 23.1 Å². The fourth-order valence-electron chi connectivity index (χ4n) is 3.09. The summed E-state index contributed by atoms with van der Waals surface area (Å²) in [6.07, 6.45) is -0.851. The van der Waals surface area contributed by atoms with Gasteiger partial charge in [0, 0.05) is 16.2 Å². The number of nitrogens with two attached hydrogens (primary N) is 1. The third-order valence-corrected chi connectivity index (χ3v) is 6.54. The van der Waals surface area contributed by atoms with Gasteiger partial charge in [-0.05, 0) is 11.4 Å². The monoisotopic (exact) mass is 462 g/mol. The number of carboxylic acids is 1. The van der Waals surface area contributed by atoms with E-state index in [-0.39, 0.29) is 53.7 Å². The second kappa shape index (κ2) is 9.83. The Kier molecular flexibility index (Phi) is 7.93. The Hall–Kier alpha value is -2.06. The van der Waals surface area contributed by atoms with Crippen molar-refractivity contribution in [1.82, 2.24) is 15.5 Å². The molecule has 0 spiro atoms. The number of primary amides is 1. The number of hydrogen-bond acceptors (Lipinski definition) is 9. The van der Waals surface area contributed by atoms with Crippen LogP contribution in [0.4, 0.5) is 4.79 Å². The Morgan fingerprint density at radius 3 is 2.73 bits per heavy atom. The van der Waals surface area contributed by atoms with Crippen LogP contribution in [-0.2, 0) is 30.3 Å². The van der Waals surface area contributed by atoms with E-state index in [1.54, 1.807) is 17.5 Å². The normalized spacial score (nSPS) is 22.2. The molecule has 30 heavy (non-hydrogen) atoms. The molecule has 1 saturated heterocycles. The Balaban J connectivity index is 0.00000320. The van der Waals surface area contributed by atoms with Crippen molar-refractivity contribution in [3.8, 4) is 0 Å². The van der Waals surface area contributed by atoms with Crippen molar-refractivity contribution >= 4 is 53.4 Å². The molecule has 14 heteroatoms. The molecule has 0 aliphatic carbocycles. The topological polar surface area (TPSA) is 171 Å². The summed E-state index contributed by atoms with van der Waals surface area (Å²) >= 11 is 2.44. The molecule has 1 aromatic heterocycles. The molecule has 3 heterocycles. The molecule has 2 aliphatic heterocycles. The summed E-state index contributed by atoms with van der Waals surface area (Å²) in [6.45, 7) is -0.430. The van der Waals surface area contributed by atoms with E-state index in [0.717, 1.165) is 21.5 Å². The molecule has 154 valence electrons. The molecule has 2 aliphatic rings. The molecule has 0 radical (unpaired) electrons. The van der Waals surface area contributed by atoms with Crippen molar-refractivity contribution in [1.29, 1.82) is 0 Å². The number of thioether (sulfide) groups is 1. The van der Waals surface area contributed by atoms with Crippen LogP contribution in [0.15, 0.2) is 28.8 Å². The van der Waals surface area contributed by atoms with Gasteiger partial charge in [-0.25, -0.2) is 4.79 Å². The second-order valence-corrected chi connectivity index (χ2v) is 8.16. The minimum atomic E-state index is -1.79. The maximum absolute atomic E-state index is 12.9. The first kappa shape index (κ1) is 24.2. The summed E-state index contributed by atoms with van der Waals surface area (Å²) in [5, 5.41) is 17.3. The van der Waals surface area contributed by atoms with Gasteiger partial charge in [-0.1, -0.05) is 6.07 Å². The number of thiophene rings is 1. The SMILES string of the molecule is NC(=O)OCC1=C(C(=O)[O-])N2C(=O)[C@@](NC=O)(NC(=O)Cc3cccs3)[C@H]2SC1.[Na+]. The van der Waals surface area contributed by atoms with Gasteiger partial charge in [-0.3, -0.25) is 19.3 Å². The van der Waals surface area contributed by atoms with E-state index >= 15 is 0 Å². The molecule has 1 aromatic rings. The van der Waals surface area contributed by atoms with E-state index in [9.17, 15) is 29.1 Å². The fraction of sp³-hybridized carbons (Fsp3) is 0.312. The Morgan fingerprint density at radius 1 is 1.43 bits per heavy atom. The maximum atomic E-state index is 12.9. The first-order valence-corrected chi connectivity index (χ1v) is 10.1. The quantitative estimate of drug-likeness (QED) is 0.149. The number of ether oxygens (including phenoxy) is 1. The number of nitrogens with zero attached hydrogens (tertiary/aromatic N) is 1. The third-order valence-electron chi connectivity index (χ3n) is 4.27. The zero-order valence-electron chi connectivity index (χ0n) is 15.7. The van der Waals surface area contributed by atoms with Crippen LogP contribution in [0.2, 0.25) is 0 Å². The van der Waals surface area contributed by atoms with Crippen molar-refractivity contribution in [3.63, 3.8) is 0 Å². The van der Waals surface area contributed by atoms with Crippen molar-refractivity contribution in [3.05, 3.63) is 33.7 Å². The molecule has 2 atom stereocenters. The van der Waals surface area contributed by atoms with E-state index in [0.29, 0.717) is 0 Å². The van der Waals surface area contributed by atoms with Crippen molar-refractivity contribution in [2.24, 2.45) is 5.73 Å². The predicted octanol–water partition coefficient (Wildman–Crippen LogP) is -5.13. The van der Waals surface area contributed by atoms with Gasteiger partial charge in [0.1, 0.15) is 12.0 Å². The fourth-order valence-corrected chi connectivity index (χ4v) is 5.20. The molecule has 3 rings (SSSR count). The number of carbonyl (C=O) groups is 5. The van der Waals surface area contributed by atoms with Crippen molar-refractivity contribution in [2.75, 3.05) is 12.4 Å². The van der Waals surface area contributed by atoms with Crippen LogP contribution in [0.3, 0.4) is 0 Å². The van der Waals surface area contributed by atoms with Crippen LogP contribution in [0.25, 0.3) is 0 Å². The molecular weight excluding hydrogens is 447 g/mol. The number of nitrogens with one attached hydrogen (secondary N) is 2. The average Bonchev–Trinajstić information content (AvgIpc) is 3.17. The number of carbonyl (C=O) groups excluding carboxylic acids is 5.